The van der Waals surface area contributed by atoms with Gasteiger partial charge < -0.3 is 4.42 Å². The third kappa shape index (κ3) is 1.07. The van der Waals surface area contributed by atoms with Gasteiger partial charge in [-0.15, -0.1) is 0 Å². The molecule has 0 fully saturated rings. The Labute approximate surface area is 58.0 Å². The maximum absolute atomic E-state index is 4.75. The molecule has 3 heteroatoms. The molecule has 0 N–H and O–H groups in total. The van der Waals surface area contributed by atoms with Crippen LogP contribution in [0.25, 0.3) is 0 Å². The Hall–Kier alpha value is 0.240. The van der Waals surface area contributed by atoms with Crippen LogP contribution in [0, 0.1) is 0 Å². The van der Waals surface area contributed by atoms with Gasteiger partial charge in [-0.2, -0.15) is 0 Å². The van der Waals surface area contributed by atoms with Gasteiger partial charge in [0.1, 0.15) is 12.5 Å². The van der Waals surface area contributed by atoms with Crippen LogP contribution >= 0.6 is 31.9 Å². The summed E-state index contributed by atoms with van der Waals surface area (Å²) in [6.07, 6.45) is 3.23. The zero-order valence-electron chi connectivity index (χ0n) is 3.32. The van der Waals surface area contributed by atoms with Crippen LogP contribution in [-0.2, 0) is 0 Å². The van der Waals surface area contributed by atoms with Crippen molar-refractivity contribution in [3.8, 4) is 0 Å². The minimum absolute atomic E-state index is 0.951. The van der Waals surface area contributed by atoms with Gasteiger partial charge in [0.2, 0.25) is 0 Å². The molecule has 1 heterocycles. The van der Waals surface area contributed by atoms with Crippen LogP contribution in [0.2, 0.25) is 0 Å². The molecule has 0 aliphatic rings. The van der Waals surface area contributed by atoms with Crippen molar-refractivity contribution in [3.63, 3.8) is 0 Å². The van der Waals surface area contributed by atoms with Crippen molar-refractivity contribution in [2.24, 2.45) is 0 Å². The second kappa shape index (κ2) is 2.01. The normalized spacial score (nSPS) is 9.43. The molecule has 1 nitrogen and oxygen atoms in total. The number of hydrogen-bond donors (Lipinski definition) is 0. The molecule has 1 aromatic heterocycles. The highest BCUT2D eigenvalue weighted by molar-refractivity contribution is 9.13. The molecule has 0 spiro atoms. The Morgan fingerprint density at radius 2 is 1.57 bits per heavy atom. The summed E-state index contributed by atoms with van der Waals surface area (Å²) in [6.45, 7) is 0. The van der Waals surface area contributed by atoms with E-state index in [2.05, 4.69) is 31.9 Å². The molecule has 0 unspecified atom stereocenters. The van der Waals surface area contributed by atoms with Gasteiger partial charge in [-0.05, 0) is 31.9 Å². The van der Waals surface area contributed by atoms with Crippen LogP contribution in [0.1, 0.15) is 0 Å². The quantitative estimate of drug-likeness (QED) is 0.662. The van der Waals surface area contributed by atoms with Crippen LogP contribution < -0.4 is 0 Å². The lowest BCUT2D eigenvalue weighted by Gasteiger charge is -1.71. The molecule has 0 radical (unpaired) electrons. The Kier molecular flexibility index (Phi) is 1.54. The third-order valence-corrected chi connectivity index (χ3v) is 2.33. The van der Waals surface area contributed by atoms with E-state index in [9.17, 15) is 0 Å². The molecule has 0 aromatic carbocycles. The van der Waals surface area contributed by atoms with Gasteiger partial charge in [-0.1, -0.05) is 0 Å². The van der Waals surface area contributed by atoms with Gasteiger partial charge >= 0.3 is 0 Å². The van der Waals surface area contributed by atoms with E-state index in [1.54, 1.807) is 12.5 Å². The summed E-state index contributed by atoms with van der Waals surface area (Å²) in [5, 5.41) is 0. The minimum Gasteiger partial charge on any atom is -0.470 e. The first kappa shape index (κ1) is 5.38. The van der Waals surface area contributed by atoms with Gasteiger partial charge in [0.05, 0.1) is 8.95 Å². The standard InChI is InChI=1S/C4H2Br2O/c5-3-1-7-2-4(3)6/h1-2H. The van der Waals surface area contributed by atoms with Crippen molar-refractivity contribution in [2.75, 3.05) is 0 Å². The number of furan rings is 1. The highest BCUT2D eigenvalue weighted by Gasteiger charge is 1.93. The zero-order chi connectivity index (χ0) is 5.28. The lowest BCUT2D eigenvalue weighted by molar-refractivity contribution is 0.564. The van der Waals surface area contributed by atoms with Gasteiger partial charge in [0.15, 0.2) is 0 Å². The predicted octanol–water partition coefficient (Wildman–Crippen LogP) is 2.80. The number of rotatable bonds is 0. The van der Waals surface area contributed by atoms with Crippen LogP contribution in [-0.4, -0.2) is 0 Å². The summed E-state index contributed by atoms with van der Waals surface area (Å²) in [6, 6.07) is 0. The van der Waals surface area contributed by atoms with E-state index >= 15 is 0 Å². The van der Waals surface area contributed by atoms with Crippen molar-refractivity contribution in [3.05, 3.63) is 21.5 Å². The predicted molar refractivity (Wildman–Crippen MR) is 34.1 cm³/mol. The zero-order valence-corrected chi connectivity index (χ0v) is 6.49. The van der Waals surface area contributed by atoms with E-state index < -0.39 is 0 Å². The Bertz CT molecular complexity index is 142. The fourth-order valence-electron chi connectivity index (χ4n) is 0.266. The minimum atomic E-state index is 0.951. The van der Waals surface area contributed by atoms with Crippen LogP contribution in [0.3, 0.4) is 0 Å². The van der Waals surface area contributed by atoms with E-state index in [4.69, 9.17) is 4.42 Å². The summed E-state index contributed by atoms with van der Waals surface area (Å²) in [4.78, 5) is 0. The molecule has 0 aliphatic heterocycles. The average Bonchev–Trinajstić information content (AvgIpc) is 1.91. The smallest absolute Gasteiger partial charge is 0.106 e. The van der Waals surface area contributed by atoms with Crippen LogP contribution in [0.15, 0.2) is 25.9 Å². The topological polar surface area (TPSA) is 13.1 Å². The maximum atomic E-state index is 4.75. The SMILES string of the molecule is Brc1cocc1Br. The van der Waals surface area contributed by atoms with Crippen LogP contribution in [0.5, 0.6) is 0 Å². The summed E-state index contributed by atoms with van der Waals surface area (Å²) < 4.78 is 6.65. The molecule has 38 valence electrons. The maximum Gasteiger partial charge on any atom is 0.106 e. The summed E-state index contributed by atoms with van der Waals surface area (Å²) in [5.41, 5.74) is 0. The molecular weight excluding hydrogens is 224 g/mol. The van der Waals surface area contributed by atoms with Gasteiger partial charge in [-0.3, -0.25) is 0 Å². The molecule has 0 saturated carbocycles. The van der Waals surface area contributed by atoms with E-state index in [0.29, 0.717) is 0 Å². The van der Waals surface area contributed by atoms with E-state index in [0.717, 1.165) is 8.95 Å². The molecule has 0 amide bonds. The largest absolute Gasteiger partial charge is 0.470 e. The second-order valence-corrected chi connectivity index (χ2v) is 2.78. The van der Waals surface area contributed by atoms with Crippen molar-refractivity contribution < 1.29 is 4.42 Å². The lowest BCUT2D eigenvalue weighted by atomic mass is 10.7. The first-order chi connectivity index (χ1) is 3.30. The van der Waals surface area contributed by atoms with Crippen LogP contribution in [0.4, 0.5) is 0 Å². The van der Waals surface area contributed by atoms with Gasteiger partial charge in [0, 0.05) is 0 Å². The van der Waals surface area contributed by atoms with E-state index in [1.807, 2.05) is 0 Å². The molecule has 1 aromatic rings. The van der Waals surface area contributed by atoms with Gasteiger partial charge in [-0.25, -0.2) is 0 Å². The molecule has 0 atom stereocenters. The Morgan fingerprint density at radius 1 is 1.14 bits per heavy atom. The molecule has 0 bridgehead atoms. The van der Waals surface area contributed by atoms with E-state index in [1.165, 1.54) is 0 Å². The summed E-state index contributed by atoms with van der Waals surface area (Å²) in [7, 11) is 0. The van der Waals surface area contributed by atoms with Crippen molar-refractivity contribution in [1.82, 2.24) is 0 Å². The molecule has 7 heavy (non-hydrogen) atoms. The number of hydrogen-bond acceptors (Lipinski definition) is 1. The van der Waals surface area contributed by atoms with E-state index in [-0.39, 0.29) is 0 Å². The second-order valence-electron chi connectivity index (χ2n) is 1.07. The van der Waals surface area contributed by atoms with Crippen molar-refractivity contribution in [1.29, 1.82) is 0 Å². The van der Waals surface area contributed by atoms with Gasteiger partial charge in [0.25, 0.3) is 0 Å². The number of halogens is 2. The highest BCUT2D eigenvalue weighted by atomic mass is 79.9. The Balaban J connectivity index is 3.12. The summed E-state index contributed by atoms with van der Waals surface area (Å²) >= 11 is 6.45. The fraction of sp³-hybridized carbons (Fsp3) is 0. The third-order valence-electron chi connectivity index (χ3n) is 0.571. The first-order valence-corrected chi connectivity index (χ1v) is 3.26. The fourth-order valence-corrected chi connectivity index (χ4v) is 0.669. The monoisotopic (exact) mass is 224 g/mol. The molecule has 0 aliphatic carbocycles. The average molecular weight is 226 g/mol. The molecule has 1 rings (SSSR count). The molecule has 0 saturated heterocycles. The molecular formula is C4H2Br2O. The van der Waals surface area contributed by atoms with Crippen molar-refractivity contribution >= 4 is 31.9 Å². The first-order valence-electron chi connectivity index (χ1n) is 1.68. The Morgan fingerprint density at radius 3 is 1.71 bits per heavy atom. The van der Waals surface area contributed by atoms with Crippen molar-refractivity contribution in [2.45, 2.75) is 0 Å². The lowest BCUT2D eigenvalue weighted by Crippen LogP contribution is -1.46. The summed E-state index contributed by atoms with van der Waals surface area (Å²) in [5.74, 6) is 0. The highest BCUT2D eigenvalue weighted by Crippen LogP contribution is 2.22.